The zero-order chi connectivity index (χ0) is 46.0. The number of rotatable bonds is 7. The van der Waals surface area contributed by atoms with Gasteiger partial charge < -0.3 is 35.6 Å². The third-order valence-corrected chi connectivity index (χ3v) is 15.0. The lowest BCUT2D eigenvalue weighted by Crippen LogP contribution is -2.17. The van der Waals surface area contributed by atoms with Crippen molar-refractivity contribution in [2.24, 2.45) is 0 Å². The van der Waals surface area contributed by atoms with Gasteiger partial charge in [-0.2, -0.15) is 0 Å². The lowest BCUT2D eigenvalue weighted by molar-refractivity contribution is 0.415. The molecular formula is C55H51Br3ClFN6O. The van der Waals surface area contributed by atoms with E-state index in [1.807, 2.05) is 36.4 Å². The zero-order valence-electron chi connectivity index (χ0n) is 37.0. The maximum absolute atomic E-state index is 13.0. The first-order valence-electron chi connectivity index (χ1n) is 23.0. The Balaban J connectivity index is 0.000000118. The minimum Gasteiger partial charge on any atom is -0.497 e. The molecule has 3 atom stereocenters. The lowest BCUT2D eigenvalue weighted by atomic mass is 9.91. The number of halogens is 5. The van der Waals surface area contributed by atoms with Crippen LogP contribution < -0.4 is 20.7 Å². The van der Waals surface area contributed by atoms with Crippen LogP contribution in [0.25, 0.3) is 32.7 Å². The number of nitrogens with one attached hydrogen (secondary N) is 6. The summed E-state index contributed by atoms with van der Waals surface area (Å²) in [5, 5.41) is 15.6. The van der Waals surface area contributed by atoms with Crippen LogP contribution in [0.3, 0.4) is 0 Å². The zero-order valence-corrected chi connectivity index (χ0v) is 42.5. The molecule has 12 heteroatoms. The fourth-order valence-electron chi connectivity index (χ4n) is 10.1. The SMILES string of the molecule is COc1ccc(NC2CCCc3c2[nH]c2ccc(Br)cc32)cc1.Clc1ccc(NC2CCCc3c2[nH]c2ccc(Br)cc32)cc1.Fc1ccc(NC2CCCc3c2[nH]c2ccc(Br)cc32)cc1. The van der Waals surface area contributed by atoms with Crippen LogP contribution in [0.1, 0.15) is 90.4 Å². The van der Waals surface area contributed by atoms with Crippen molar-refractivity contribution in [3.8, 4) is 5.75 Å². The highest BCUT2D eigenvalue weighted by molar-refractivity contribution is 9.11. The van der Waals surface area contributed by atoms with E-state index in [-0.39, 0.29) is 11.9 Å². The average Bonchev–Trinajstić information content (AvgIpc) is 4.03. The van der Waals surface area contributed by atoms with Crippen LogP contribution in [0.15, 0.2) is 141 Å². The lowest BCUT2D eigenvalue weighted by Gasteiger charge is -2.25. The summed E-state index contributed by atoms with van der Waals surface area (Å²) in [4.78, 5) is 10.8. The molecule has 0 spiro atoms. The second-order valence-electron chi connectivity index (χ2n) is 17.6. The molecule has 0 radical (unpaired) electrons. The quantitative estimate of drug-likeness (QED) is 0.0959. The highest BCUT2D eigenvalue weighted by Gasteiger charge is 2.27. The molecular weight excluding hydrogens is 1050 g/mol. The minimum absolute atomic E-state index is 0.203. The maximum Gasteiger partial charge on any atom is 0.123 e. The van der Waals surface area contributed by atoms with Crippen LogP contribution in [0.2, 0.25) is 5.02 Å². The Morgan fingerprint density at radius 1 is 0.493 bits per heavy atom. The van der Waals surface area contributed by atoms with Gasteiger partial charge in [-0.25, -0.2) is 4.39 Å². The van der Waals surface area contributed by atoms with Crippen molar-refractivity contribution in [3.63, 3.8) is 0 Å². The number of aryl methyl sites for hydroxylation is 3. The van der Waals surface area contributed by atoms with E-state index in [4.69, 9.17) is 16.3 Å². The molecule has 3 aliphatic carbocycles. The molecule has 3 aliphatic rings. The fourth-order valence-corrected chi connectivity index (χ4v) is 11.3. The van der Waals surface area contributed by atoms with Gasteiger partial charge in [-0.15, -0.1) is 0 Å². The van der Waals surface area contributed by atoms with Crippen molar-refractivity contribution >= 4 is 109 Å². The number of hydrogen-bond donors (Lipinski definition) is 6. The maximum atomic E-state index is 13.0. The molecule has 342 valence electrons. The van der Waals surface area contributed by atoms with E-state index in [1.54, 1.807) is 19.2 Å². The minimum atomic E-state index is -0.203. The van der Waals surface area contributed by atoms with Crippen LogP contribution in [-0.2, 0) is 19.3 Å². The third-order valence-electron chi connectivity index (χ3n) is 13.3. The number of aromatic nitrogens is 3. The van der Waals surface area contributed by atoms with Gasteiger partial charge in [-0.1, -0.05) is 59.4 Å². The number of aromatic amines is 3. The van der Waals surface area contributed by atoms with Gasteiger partial charge in [0, 0.05) is 85.3 Å². The molecule has 3 heterocycles. The number of fused-ring (bicyclic) bond motifs is 9. The highest BCUT2D eigenvalue weighted by atomic mass is 79.9. The molecule has 7 nitrogen and oxygen atoms in total. The molecule has 0 saturated carbocycles. The Bertz CT molecular complexity index is 3020. The van der Waals surface area contributed by atoms with Gasteiger partial charge in [0.1, 0.15) is 11.6 Å². The van der Waals surface area contributed by atoms with E-state index in [9.17, 15) is 4.39 Å². The number of ether oxygens (including phenoxy) is 1. The summed E-state index contributed by atoms with van der Waals surface area (Å²) in [5.74, 6) is 0.681. The molecule has 0 amide bonds. The fraction of sp³-hybridized carbons (Fsp3) is 0.236. The van der Waals surface area contributed by atoms with Crippen molar-refractivity contribution in [2.75, 3.05) is 23.1 Å². The van der Waals surface area contributed by atoms with E-state index in [1.165, 1.54) is 91.5 Å². The number of methoxy groups -OCH3 is 1. The topological polar surface area (TPSA) is 92.7 Å². The molecule has 0 fully saturated rings. The summed E-state index contributed by atoms with van der Waals surface area (Å²) >= 11 is 16.7. The summed E-state index contributed by atoms with van der Waals surface area (Å²) in [6.45, 7) is 0. The van der Waals surface area contributed by atoms with Gasteiger partial charge in [0.25, 0.3) is 0 Å². The summed E-state index contributed by atoms with van der Waals surface area (Å²) in [5.41, 5.74) is 15.1. The van der Waals surface area contributed by atoms with E-state index >= 15 is 0 Å². The molecule has 67 heavy (non-hydrogen) atoms. The Morgan fingerprint density at radius 2 is 0.836 bits per heavy atom. The normalized spacial score (nSPS) is 17.3. The molecule has 9 aromatic rings. The largest absolute Gasteiger partial charge is 0.497 e. The molecule has 0 aliphatic heterocycles. The molecule has 12 rings (SSSR count). The average molecular weight is 1110 g/mol. The molecule has 0 saturated heterocycles. The van der Waals surface area contributed by atoms with Crippen molar-refractivity contribution in [1.82, 2.24) is 15.0 Å². The second kappa shape index (κ2) is 20.2. The third kappa shape index (κ3) is 10.2. The summed E-state index contributed by atoms with van der Waals surface area (Å²) in [6, 6.07) is 42.9. The molecule has 0 bridgehead atoms. The molecule has 6 N–H and O–H groups in total. The first-order valence-corrected chi connectivity index (χ1v) is 25.8. The van der Waals surface area contributed by atoms with Crippen molar-refractivity contribution in [2.45, 2.75) is 75.9 Å². The van der Waals surface area contributed by atoms with E-state index in [0.29, 0.717) is 12.1 Å². The number of H-pyrrole nitrogens is 3. The predicted molar refractivity (Wildman–Crippen MR) is 287 cm³/mol. The van der Waals surface area contributed by atoms with Crippen molar-refractivity contribution in [1.29, 1.82) is 0 Å². The van der Waals surface area contributed by atoms with Gasteiger partial charge in [0.05, 0.1) is 25.2 Å². The highest BCUT2D eigenvalue weighted by Crippen LogP contribution is 2.40. The second-order valence-corrected chi connectivity index (χ2v) is 20.8. The van der Waals surface area contributed by atoms with Crippen LogP contribution in [-0.4, -0.2) is 22.1 Å². The number of hydrogen-bond acceptors (Lipinski definition) is 4. The van der Waals surface area contributed by atoms with Crippen LogP contribution in [0.4, 0.5) is 21.5 Å². The predicted octanol–water partition coefficient (Wildman–Crippen LogP) is 17.1. The Hall–Kier alpha value is -5.20. The van der Waals surface area contributed by atoms with Crippen LogP contribution >= 0.6 is 59.4 Å². The summed E-state index contributed by atoms with van der Waals surface area (Å²) in [7, 11) is 1.69. The van der Waals surface area contributed by atoms with Crippen LogP contribution in [0.5, 0.6) is 5.75 Å². The molecule has 6 aromatic carbocycles. The van der Waals surface area contributed by atoms with Gasteiger partial charge in [0.15, 0.2) is 0 Å². The van der Waals surface area contributed by atoms with Gasteiger partial charge >= 0.3 is 0 Å². The first kappa shape index (κ1) is 45.6. The van der Waals surface area contributed by atoms with E-state index in [0.717, 1.165) is 86.2 Å². The number of benzene rings is 6. The van der Waals surface area contributed by atoms with Gasteiger partial charge in [-0.05, 0) is 202 Å². The van der Waals surface area contributed by atoms with E-state index < -0.39 is 0 Å². The summed E-state index contributed by atoms with van der Waals surface area (Å²) < 4.78 is 21.6. The number of anilines is 3. The Kier molecular flexibility index (Phi) is 13.7. The van der Waals surface area contributed by atoms with Gasteiger partial charge in [0.2, 0.25) is 0 Å². The Labute approximate surface area is 420 Å². The smallest absolute Gasteiger partial charge is 0.123 e. The Morgan fingerprint density at radius 3 is 1.19 bits per heavy atom. The molecule has 3 aromatic heterocycles. The van der Waals surface area contributed by atoms with E-state index in [2.05, 4.69) is 145 Å². The van der Waals surface area contributed by atoms with Crippen molar-refractivity contribution < 1.29 is 9.13 Å². The van der Waals surface area contributed by atoms with Gasteiger partial charge in [-0.3, -0.25) is 0 Å². The standard InChI is InChI=1S/C19H19BrN2O.C18H16BrClN2.C18H16BrFN2/c1-23-14-8-6-13(7-9-14)21-18-4-2-3-15-16-11-12(20)5-10-17(16)22-19(15)18;2*19-11-4-9-16-15(10-11)14-2-1-3-17(18(14)22-16)21-13-7-5-12(20)6-8-13/h5-11,18,21-22H,2-4H2,1H3;2*4-10,17,21-22H,1-3H2. The van der Waals surface area contributed by atoms with Crippen molar-refractivity contribution in [3.05, 3.63) is 185 Å². The van der Waals surface area contributed by atoms with Crippen LogP contribution in [0, 0.1) is 5.82 Å². The summed E-state index contributed by atoms with van der Waals surface area (Å²) in [6.07, 6.45) is 10.3. The molecule has 3 unspecified atom stereocenters. The monoisotopic (exact) mass is 1100 g/mol. The first-order chi connectivity index (χ1) is 32.6.